The minimum atomic E-state index is -1.33. The highest BCUT2D eigenvalue weighted by molar-refractivity contribution is 6.18. The van der Waals surface area contributed by atoms with Crippen molar-refractivity contribution < 1.29 is 19.4 Å². The molecule has 25 heavy (non-hydrogen) atoms. The quantitative estimate of drug-likeness (QED) is 0.451. The zero-order valence-electron chi connectivity index (χ0n) is 14.1. The maximum absolute atomic E-state index is 11.9. The van der Waals surface area contributed by atoms with E-state index >= 15 is 0 Å². The number of carbonyl (C=O) groups excluding carboxylic acids is 1. The van der Waals surface area contributed by atoms with Crippen molar-refractivity contribution in [1.82, 2.24) is 9.55 Å². The summed E-state index contributed by atoms with van der Waals surface area (Å²) in [5.74, 6) is -0.752. The lowest BCUT2D eigenvalue weighted by atomic mass is 10.00. The molecule has 4 atom stereocenters. The summed E-state index contributed by atoms with van der Waals surface area (Å²) in [5, 5.41) is 10.4. The average molecular weight is 375 g/mol. The number of nitrogens with two attached hydrogens (primary N) is 2. The van der Waals surface area contributed by atoms with Crippen molar-refractivity contribution in [2.24, 2.45) is 11.7 Å². The third-order valence-electron chi connectivity index (χ3n) is 4.24. The van der Waals surface area contributed by atoms with Crippen molar-refractivity contribution in [1.29, 1.82) is 0 Å². The molecule has 2 heterocycles. The maximum atomic E-state index is 11.9. The fraction of sp³-hybridized carbons (Fsp3) is 0.667. The van der Waals surface area contributed by atoms with Gasteiger partial charge in [-0.15, -0.1) is 11.6 Å². The second-order valence-corrected chi connectivity index (χ2v) is 6.71. The molecule has 1 aliphatic rings. The van der Waals surface area contributed by atoms with Gasteiger partial charge in [-0.2, -0.15) is 4.98 Å². The fourth-order valence-corrected chi connectivity index (χ4v) is 2.79. The molecule has 10 heteroatoms. The molecule has 1 saturated heterocycles. The van der Waals surface area contributed by atoms with Crippen molar-refractivity contribution in [3.8, 4) is 0 Å². The van der Waals surface area contributed by atoms with Gasteiger partial charge in [-0.25, -0.2) is 4.79 Å². The molecule has 0 spiro atoms. The van der Waals surface area contributed by atoms with Gasteiger partial charge in [-0.1, -0.05) is 13.8 Å². The summed E-state index contributed by atoms with van der Waals surface area (Å²) in [6, 6.07) is 0.658. The monoisotopic (exact) mass is 374 g/mol. The topological polar surface area (TPSA) is 143 Å². The van der Waals surface area contributed by atoms with Crippen LogP contribution < -0.4 is 17.2 Å². The number of rotatable bonds is 6. The second kappa shape index (κ2) is 7.69. The molecule has 0 aromatic carbocycles. The van der Waals surface area contributed by atoms with Gasteiger partial charge in [0.25, 0.3) is 0 Å². The van der Waals surface area contributed by atoms with Crippen molar-refractivity contribution in [3.63, 3.8) is 0 Å². The SMILES string of the molecule is CC(C)C(N)C(=O)OC[C@@]1(CCl)O[C@@H](n2ccc(N)nc2=O)C[C@@H]1O. The summed E-state index contributed by atoms with van der Waals surface area (Å²) in [6.07, 6.45) is -0.326. The van der Waals surface area contributed by atoms with E-state index in [-0.39, 0.29) is 30.6 Å². The van der Waals surface area contributed by atoms with E-state index in [9.17, 15) is 14.7 Å². The van der Waals surface area contributed by atoms with Gasteiger partial charge in [0.05, 0.1) is 12.0 Å². The normalized spacial score (nSPS) is 27.4. The minimum absolute atomic E-state index is 0.0833. The second-order valence-electron chi connectivity index (χ2n) is 6.44. The summed E-state index contributed by atoms with van der Waals surface area (Å²) in [7, 11) is 0. The number of anilines is 1. The predicted molar refractivity (Wildman–Crippen MR) is 90.9 cm³/mol. The van der Waals surface area contributed by atoms with E-state index in [4.69, 9.17) is 32.5 Å². The number of aromatic nitrogens is 2. The Morgan fingerprint density at radius 2 is 2.32 bits per heavy atom. The molecule has 0 aliphatic carbocycles. The third kappa shape index (κ3) is 4.12. The third-order valence-corrected chi connectivity index (χ3v) is 4.69. The van der Waals surface area contributed by atoms with E-state index in [1.54, 1.807) is 13.8 Å². The van der Waals surface area contributed by atoms with Gasteiger partial charge in [-0.3, -0.25) is 9.36 Å². The van der Waals surface area contributed by atoms with Crippen LogP contribution in [0.2, 0.25) is 0 Å². The number of hydrogen-bond donors (Lipinski definition) is 3. The molecular weight excluding hydrogens is 352 g/mol. The first kappa shape index (κ1) is 19.6. The number of ether oxygens (including phenoxy) is 2. The maximum Gasteiger partial charge on any atom is 0.351 e. The largest absolute Gasteiger partial charge is 0.461 e. The lowest BCUT2D eigenvalue weighted by Crippen LogP contribution is -2.48. The molecule has 5 N–H and O–H groups in total. The lowest BCUT2D eigenvalue weighted by molar-refractivity contribution is -0.164. The number of alkyl halides is 1. The van der Waals surface area contributed by atoms with Crippen LogP contribution in [0.1, 0.15) is 26.5 Å². The van der Waals surface area contributed by atoms with E-state index < -0.39 is 35.6 Å². The number of nitrogen functional groups attached to an aromatic ring is 1. The standard InChI is InChI=1S/C15H23ClN4O5/c1-8(2)12(18)13(22)24-7-15(6-16)9(21)5-11(25-15)20-4-3-10(17)19-14(20)23/h3-4,8-9,11-12,21H,5-7,18H2,1-2H3,(H2,17,19,23)/t9-,11+,12?,15+/m0/s1. The molecule has 1 fully saturated rings. The first-order valence-electron chi connectivity index (χ1n) is 7.89. The van der Waals surface area contributed by atoms with Gasteiger partial charge < -0.3 is 26.0 Å². The first-order valence-corrected chi connectivity index (χ1v) is 8.42. The number of nitrogens with zero attached hydrogens (tertiary/aromatic N) is 2. The van der Waals surface area contributed by atoms with Crippen molar-refractivity contribution in [3.05, 3.63) is 22.7 Å². The van der Waals surface area contributed by atoms with Crippen molar-refractivity contribution in [2.45, 2.75) is 44.2 Å². The molecule has 0 radical (unpaired) electrons. The molecule has 1 aliphatic heterocycles. The number of esters is 1. The zero-order valence-corrected chi connectivity index (χ0v) is 14.8. The van der Waals surface area contributed by atoms with Gasteiger partial charge in [0, 0.05) is 12.6 Å². The molecule has 0 bridgehead atoms. The zero-order chi connectivity index (χ0) is 18.8. The van der Waals surface area contributed by atoms with Gasteiger partial charge in [0.2, 0.25) is 0 Å². The predicted octanol–water partition coefficient (Wildman–Crippen LogP) is -0.391. The fourth-order valence-electron chi connectivity index (χ4n) is 2.47. The van der Waals surface area contributed by atoms with Gasteiger partial charge in [0.15, 0.2) is 0 Å². The van der Waals surface area contributed by atoms with Gasteiger partial charge in [-0.05, 0) is 12.0 Å². The summed E-state index contributed by atoms with van der Waals surface area (Å²) in [4.78, 5) is 27.5. The van der Waals surface area contributed by atoms with Crippen LogP contribution in [0.5, 0.6) is 0 Å². The Morgan fingerprint density at radius 1 is 1.64 bits per heavy atom. The first-order chi connectivity index (χ1) is 11.7. The van der Waals surface area contributed by atoms with Gasteiger partial charge >= 0.3 is 11.7 Å². The number of hydrogen-bond acceptors (Lipinski definition) is 8. The smallest absolute Gasteiger partial charge is 0.351 e. The molecule has 1 aromatic rings. The van der Waals surface area contributed by atoms with Gasteiger partial charge in [0.1, 0.15) is 30.3 Å². The highest BCUT2D eigenvalue weighted by Gasteiger charge is 2.50. The van der Waals surface area contributed by atoms with E-state index in [2.05, 4.69) is 4.98 Å². The highest BCUT2D eigenvalue weighted by atomic mass is 35.5. The summed E-state index contributed by atoms with van der Waals surface area (Å²) < 4.78 is 12.2. The Hall–Kier alpha value is -1.68. The number of halogens is 1. The molecule has 140 valence electrons. The molecule has 1 unspecified atom stereocenters. The molecular formula is C15H23ClN4O5. The molecule has 1 aromatic heterocycles. The van der Waals surface area contributed by atoms with Crippen LogP contribution in [0.15, 0.2) is 17.1 Å². The van der Waals surface area contributed by atoms with Crippen LogP contribution in [-0.2, 0) is 14.3 Å². The van der Waals surface area contributed by atoms with Crippen LogP contribution in [-0.4, -0.2) is 50.9 Å². The van der Waals surface area contributed by atoms with E-state index in [0.29, 0.717) is 0 Å². The number of aliphatic hydroxyl groups excluding tert-OH is 1. The van der Waals surface area contributed by atoms with Crippen LogP contribution in [0.25, 0.3) is 0 Å². The highest BCUT2D eigenvalue weighted by Crippen LogP contribution is 2.37. The van der Waals surface area contributed by atoms with Crippen molar-refractivity contribution in [2.75, 3.05) is 18.2 Å². The van der Waals surface area contributed by atoms with E-state index in [0.717, 1.165) is 0 Å². The summed E-state index contributed by atoms with van der Waals surface area (Å²) in [6.45, 7) is 3.31. The minimum Gasteiger partial charge on any atom is -0.461 e. The molecule has 9 nitrogen and oxygen atoms in total. The van der Waals surface area contributed by atoms with E-state index in [1.165, 1.54) is 16.8 Å². The van der Waals surface area contributed by atoms with Crippen LogP contribution >= 0.6 is 11.6 Å². The van der Waals surface area contributed by atoms with E-state index in [1.807, 2.05) is 0 Å². The Bertz CT molecular complexity index is 682. The van der Waals surface area contributed by atoms with Crippen molar-refractivity contribution >= 4 is 23.4 Å². The molecule has 0 amide bonds. The molecule has 0 saturated carbocycles. The van der Waals surface area contributed by atoms with Crippen LogP contribution in [0.3, 0.4) is 0 Å². The lowest BCUT2D eigenvalue weighted by Gasteiger charge is -2.30. The van der Waals surface area contributed by atoms with Crippen LogP contribution in [0, 0.1) is 5.92 Å². The average Bonchev–Trinajstić information content (AvgIpc) is 2.88. The Balaban J connectivity index is 2.13. The Morgan fingerprint density at radius 3 is 2.88 bits per heavy atom. The Kier molecular flexibility index (Phi) is 6.04. The number of aliphatic hydroxyl groups is 1. The molecule has 2 rings (SSSR count). The Labute approximate surface area is 149 Å². The number of carbonyl (C=O) groups is 1. The van der Waals surface area contributed by atoms with Crippen LogP contribution in [0.4, 0.5) is 5.82 Å². The summed E-state index contributed by atoms with van der Waals surface area (Å²) >= 11 is 5.97. The summed E-state index contributed by atoms with van der Waals surface area (Å²) in [5.41, 5.74) is 9.26.